The molecule has 2 aromatic heterocycles. The lowest BCUT2D eigenvalue weighted by atomic mass is 10.3. The number of carbonyl (C=O) groups is 2. The summed E-state index contributed by atoms with van der Waals surface area (Å²) in [4.78, 5) is 23.0. The van der Waals surface area contributed by atoms with Crippen molar-refractivity contribution in [3.63, 3.8) is 0 Å². The highest BCUT2D eigenvalue weighted by atomic mass is 16.5. The fourth-order valence-corrected chi connectivity index (χ4v) is 1.74. The number of furan rings is 2. The topological polar surface area (TPSA) is 78.9 Å². The normalized spacial score (nSPS) is 10.4. The van der Waals surface area contributed by atoms with Crippen LogP contribution in [0.1, 0.15) is 46.5 Å². The van der Waals surface area contributed by atoms with Gasteiger partial charge in [-0.1, -0.05) is 0 Å². The van der Waals surface area contributed by atoms with Crippen LogP contribution in [0.3, 0.4) is 0 Å². The molecule has 0 aliphatic rings. The number of ether oxygens (including phenoxy) is 2. The monoisotopic (exact) mass is 292 g/mol. The second kappa shape index (κ2) is 6.78. The summed E-state index contributed by atoms with van der Waals surface area (Å²) in [5.41, 5.74) is 0. The van der Waals surface area contributed by atoms with Gasteiger partial charge < -0.3 is 18.3 Å². The van der Waals surface area contributed by atoms with Crippen LogP contribution in [-0.2, 0) is 15.9 Å². The van der Waals surface area contributed by atoms with Gasteiger partial charge in [-0.2, -0.15) is 0 Å². The standard InChI is InChI=1S/C15H16O6/c1-3-18-14(16)12-7-5-10(20-12)9-11-6-8-13(21-11)15(17)19-4-2/h5-8H,3-4,9H2,1-2H3. The van der Waals surface area contributed by atoms with Crippen LogP contribution >= 0.6 is 0 Å². The third-order valence-electron chi connectivity index (χ3n) is 2.62. The summed E-state index contributed by atoms with van der Waals surface area (Å²) in [6, 6.07) is 6.42. The summed E-state index contributed by atoms with van der Waals surface area (Å²) in [6.07, 6.45) is 0.332. The molecule has 0 amide bonds. The Morgan fingerprint density at radius 1 is 0.857 bits per heavy atom. The minimum absolute atomic E-state index is 0.143. The Balaban J connectivity index is 2.02. The molecule has 0 N–H and O–H groups in total. The molecule has 0 spiro atoms. The van der Waals surface area contributed by atoms with Gasteiger partial charge in [-0.3, -0.25) is 0 Å². The predicted octanol–water partition coefficient (Wildman–Crippen LogP) is 2.82. The Kier molecular flexibility index (Phi) is 4.81. The summed E-state index contributed by atoms with van der Waals surface area (Å²) in [6.45, 7) is 4.02. The Morgan fingerprint density at radius 3 is 1.67 bits per heavy atom. The van der Waals surface area contributed by atoms with Gasteiger partial charge in [0.25, 0.3) is 0 Å². The van der Waals surface area contributed by atoms with E-state index in [4.69, 9.17) is 18.3 Å². The van der Waals surface area contributed by atoms with Crippen LogP contribution in [0.15, 0.2) is 33.1 Å². The summed E-state index contributed by atoms with van der Waals surface area (Å²) in [5, 5.41) is 0. The molecule has 0 bridgehead atoms. The van der Waals surface area contributed by atoms with Gasteiger partial charge in [-0.05, 0) is 38.1 Å². The second-order valence-electron chi connectivity index (χ2n) is 4.15. The van der Waals surface area contributed by atoms with Crippen molar-refractivity contribution < 1.29 is 27.9 Å². The molecule has 0 saturated heterocycles. The van der Waals surface area contributed by atoms with Gasteiger partial charge in [0.15, 0.2) is 0 Å². The molecule has 0 radical (unpaired) electrons. The molecule has 0 aliphatic carbocycles. The van der Waals surface area contributed by atoms with Crippen molar-refractivity contribution in [2.45, 2.75) is 20.3 Å². The van der Waals surface area contributed by atoms with E-state index in [-0.39, 0.29) is 24.7 Å². The van der Waals surface area contributed by atoms with Crippen LogP contribution in [0.2, 0.25) is 0 Å². The molecule has 112 valence electrons. The number of rotatable bonds is 6. The lowest BCUT2D eigenvalue weighted by molar-refractivity contribution is 0.0482. The summed E-state index contributed by atoms with van der Waals surface area (Å²) in [7, 11) is 0. The molecule has 0 unspecified atom stereocenters. The Morgan fingerprint density at radius 2 is 1.29 bits per heavy atom. The van der Waals surface area contributed by atoms with Gasteiger partial charge in [0, 0.05) is 0 Å². The van der Waals surface area contributed by atoms with Crippen molar-refractivity contribution in [2.24, 2.45) is 0 Å². The third kappa shape index (κ3) is 3.75. The van der Waals surface area contributed by atoms with Crippen LogP contribution in [0.25, 0.3) is 0 Å². The Hall–Kier alpha value is -2.50. The number of hydrogen-bond donors (Lipinski definition) is 0. The van der Waals surface area contributed by atoms with Gasteiger partial charge in [0.1, 0.15) is 11.5 Å². The van der Waals surface area contributed by atoms with Crippen molar-refractivity contribution in [1.29, 1.82) is 0 Å². The minimum atomic E-state index is -0.504. The van der Waals surface area contributed by atoms with Crippen LogP contribution in [0, 0.1) is 0 Å². The van der Waals surface area contributed by atoms with E-state index < -0.39 is 11.9 Å². The van der Waals surface area contributed by atoms with E-state index in [1.54, 1.807) is 38.1 Å². The zero-order valence-electron chi connectivity index (χ0n) is 11.9. The highest BCUT2D eigenvalue weighted by Gasteiger charge is 2.15. The summed E-state index contributed by atoms with van der Waals surface area (Å²) < 4.78 is 20.4. The van der Waals surface area contributed by atoms with E-state index in [2.05, 4.69) is 0 Å². The van der Waals surface area contributed by atoms with E-state index in [0.717, 1.165) is 0 Å². The van der Waals surface area contributed by atoms with Crippen LogP contribution in [-0.4, -0.2) is 25.2 Å². The first-order chi connectivity index (χ1) is 10.1. The number of hydrogen-bond acceptors (Lipinski definition) is 6. The smallest absolute Gasteiger partial charge is 0.374 e. The summed E-state index contributed by atoms with van der Waals surface area (Å²) >= 11 is 0. The Labute approximate surface area is 121 Å². The highest BCUT2D eigenvalue weighted by molar-refractivity contribution is 5.86. The lowest BCUT2D eigenvalue weighted by Crippen LogP contribution is -2.02. The van der Waals surface area contributed by atoms with Crippen LogP contribution in [0.5, 0.6) is 0 Å². The third-order valence-corrected chi connectivity index (χ3v) is 2.62. The van der Waals surface area contributed by atoms with Gasteiger partial charge >= 0.3 is 11.9 Å². The maximum atomic E-state index is 11.5. The molecule has 2 rings (SSSR count). The molecular formula is C15H16O6. The minimum Gasteiger partial charge on any atom is -0.460 e. The molecule has 0 aliphatic heterocycles. The van der Waals surface area contributed by atoms with Crippen molar-refractivity contribution in [3.8, 4) is 0 Å². The van der Waals surface area contributed by atoms with E-state index in [9.17, 15) is 9.59 Å². The zero-order chi connectivity index (χ0) is 15.2. The predicted molar refractivity (Wildman–Crippen MR) is 72.1 cm³/mol. The molecule has 0 atom stereocenters. The number of carbonyl (C=O) groups excluding carboxylic acids is 2. The molecule has 0 aromatic carbocycles. The molecular weight excluding hydrogens is 276 g/mol. The summed E-state index contributed by atoms with van der Waals surface area (Å²) in [5.74, 6) is 0.365. The quantitative estimate of drug-likeness (QED) is 0.762. The van der Waals surface area contributed by atoms with E-state index in [0.29, 0.717) is 17.9 Å². The second-order valence-corrected chi connectivity index (χ2v) is 4.15. The molecule has 0 saturated carbocycles. The van der Waals surface area contributed by atoms with Crippen molar-refractivity contribution in [2.75, 3.05) is 13.2 Å². The lowest BCUT2D eigenvalue weighted by Gasteiger charge is -1.98. The van der Waals surface area contributed by atoms with Crippen LogP contribution in [0.4, 0.5) is 0 Å². The van der Waals surface area contributed by atoms with Gasteiger partial charge in [0.05, 0.1) is 19.6 Å². The fraction of sp³-hybridized carbons (Fsp3) is 0.333. The maximum Gasteiger partial charge on any atom is 0.374 e. The first-order valence-corrected chi connectivity index (χ1v) is 6.65. The molecule has 21 heavy (non-hydrogen) atoms. The van der Waals surface area contributed by atoms with Crippen molar-refractivity contribution in [3.05, 3.63) is 47.3 Å². The fourth-order valence-electron chi connectivity index (χ4n) is 1.74. The van der Waals surface area contributed by atoms with Crippen molar-refractivity contribution >= 4 is 11.9 Å². The molecule has 0 fully saturated rings. The largest absolute Gasteiger partial charge is 0.460 e. The van der Waals surface area contributed by atoms with E-state index >= 15 is 0 Å². The van der Waals surface area contributed by atoms with Crippen LogP contribution < -0.4 is 0 Å². The zero-order valence-corrected chi connectivity index (χ0v) is 11.9. The molecule has 2 aromatic rings. The SMILES string of the molecule is CCOC(=O)c1ccc(Cc2ccc(C(=O)OCC)o2)o1. The molecule has 2 heterocycles. The van der Waals surface area contributed by atoms with E-state index in [1.807, 2.05) is 0 Å². The van der Waals surface area contributed by atoms with Gasteiger partial charge in [0.2, 0.25) is 11.5 Å². The average molecular weight is 292 g/mol. The first-order valence-electron chi connectivity index (χ1n) is 6.65. The van der Waals surface area contributed by atoms with Gasteiger partial charge in [-0.25, -0.2) is 9.59 Å². The first kappa shape index (κ1) is 14.9. The van der Waals surface area contributed by atoms with Gasteiger partial charge in [-0.15, -0.1) is 0 Å². The maximum absolute atomic E-state index is 11.5. The molecule has 6 nitrogen and oxygen atoms in total. The number of esters is 2. The molecule has 6 heteroatoms. The van der Waals surface area contributed by atoms with E-state index in [1.165, 1.54) is 0 Å². The Bertz CT molecular complexity index is 567. The highest BCUT2D eigenvalue weighted by Crippen LogP contribution is 2.17. The van der Waals surface area contributed by atoms with Crippen molar-refractivity contribution in [1.82, 2.24) is 0 Å². The average Bonchev–Trinajstić information content (AvgIpc) is 3.09.